The molecule has 0 saturated carbocycles. The van der Waals surface area contributed by atoms with Gasteiger partial charge in [-0.1, -0.05) is 12.1 Å². The minimum atomic E-state index is -3.54. The number of carbonyl (C=O) groups is 1. The van der Waals surface area contributed by atoms with Gasteiger partial charge in [0.15, 0.2) is 22.8 Å². The Morgan fingerprint density at radius 2 is 1.82 bits per heavy atom. The molecule has 1 aliphatic heterocycles. The molecule has 0 aliphatic carbocycles. The fourth-order valence-corrected chi connectivity index (χ4v) is 4.88. The highest BCUT2D eigenvalue weighted by molar-refractivity contribution is 7.92. The summed E-state index contributed by atoms with van der Waals surface area (Å²) < 4.78 is 34.0. The van der Waals surface area contributed by atoms with Gasteiger partial charge < -0.3 is 19.1 Å². The molecule has 4 aromatic rings. The van der Waals surface area contributed by atoms with Gasteiger partial charge in [-0.3, -0.25) is 14.7 Å². The average molecular weight is 569 g/mol. The van der Waals surface area contributed by atoms with Crippen molar-refractivity contribution < 1.29 is 23.2 Å². The van der Waals surface area contributed by atoms with Crippen molar-refractivity contribution in [1.29, 1.82) is 0 Å². The lowest BCUT2D eigenvalue weighted by Gasteiger charge is -2.28. The van der Waals surface area contributed by atoms with E-state index < -0.39 is 15.9 Å². The maximum Gasteiger partial charge on any atom is 0.277 e. The predicted octanol–water partition coefficient (Wildman–Crippen LogP) is 0.784. The van der Waals surface area contributed by atoms with Gasteiger partial charge in [-0.25, -0.2) is 38.8 Å². The number of nitrogens with zero attached hydrogens (tertiary/aromatic N) is 8. The number of imidazole rings is 1. The van der Waals surface area contributed by atoms with E-state index in [-0.39, 0.29) is 5.56 Å². The minimum Gasteiger partial charge on any atom is -0.378 e. The van der Waals surface area contributed by atoms with Crippen molar-refractivity contribution >= 4 is 44.5 Å². The van der Waals surface area contributed by atoms with E-state index in [4.69, 9.17) is 24.9 Å². The number of benzene rings is 1. The van der Waals surface area contributed by atoms with Crippen molar-refractivity contribution in [3.8, 4) is 11.4 Å². The number of para-hydroxylation sites is 1. The number of amides is 1. The van der Waals surface area contributed by atoms with Crippen molar-refractivity contribution in [2.24, 2.45) is 7.05 Å². The number of rotatable bonds is 8. The molecule has 0 spiro atoms. The van der Waals surface area contributed by atoms with E-state index >= 15 is 0 Å². The number of ether oxygens (including phenoxy) is 1. The molecule has 0 bridgehead atoms. The molecule has 1 aliphatic rings. The highest BCUT2D eigenvalue weighted by Crippen LogP contribution is 2.32. The highest BCUT2D eigenvalue weighted by atomic mass is 32.2. The van der Waals surface area contributed by atoms with Crippen LogP contribution in [-0.4, -0.2) is 88.6 Å². The lowest BCUT2D eigenvalue weighted by Crippen LogP contribution is -2.37. The molecule has 40 heavy (non-hydrogen) atoms. The number of hydroxylamine groups is 1. The predicted molar refractivity (Wildman–Crippen MR) is 147 cm³/mol. The lowest BCUT2D eigenvalue weighted by atomic mass is 10.1. The minimum absolute atomic E-state index is 0.117. The van der Waals surface area contributed by atoms with Crippen molar-refractivity contribution in [2.45, 2.75) is 6.54 Å². The third kappa shape index (κ3) is 5.63. The molecule has 1 fully saturated rings. The molecular formula is C24H28N10O5S. The largest absolute Gasteiger partial charge is 0.378 e. The zero-order chi connectivity index (χ0) is 28.4. The number of anilines is 3. The van der Waals surface area contributed by atoms with E-state index in [2.05, 4.69) is 19.6 Å². The Kier molecular flexibility index (Phi) is 7.46. The summed E-state index contributed by atoms with van der Waals surface area (Å²) in [7, 11) is 0.0914. The van der Waals surface area contributed by atoms with E-state index in [9.17, 15) is 13.2 Å². The molecule has 15 nitrogen and oxygen atoms in total. The van der Waals surface area contributed by atoms with Crippen molar-refractivity contribution in [3.63, 3.8) is 0 Å². The number of hydrogen-bond donors (Lipinski definition) is 3. The van der Waals surface area contributed by atoms with Crippen LogP contribution in [0, 0.1) is 0 Å². The summed E-state index contributed by atoms with van der Waals surface area (Å²) in [5.41, 5.74) is 3.74. The van der Waals surface area contributed by atoms with Gasteiger partial charge in [0, 0.05) is 45.1 Å². The number of morpholine rings is 1. The molecule has 1 saturated heterocycles. The Labute approximate surface area is 229 Å². The Morgan fingerprint density at radius 3 is 2.50 bits per heavy atom. The normalized spacial score (nSPS) is 13.8. The van der Waals surface area contributed by atoms with Crippen molar-refractivity contribution in [2.75, 3.05) is 54.1 Å². The van der Waals surface area contributed by atoms with Crippen LogP contribution in [-0.2, 0) is 28.4 Å². The quantitative estimate of drug-likeness (QED) is 0.201. The van der Waals surface area contributed by atoms with Crippen LogP contribution >= 0.6 is 0 Å². The van der Waals surface area contributed by atoms with E-state index in [0.29, 0.717) is 78.7 Å². The van der Waals surface area contributed by atoms with Crippen LogP contribution in [0.1, 0.15) is 16.2 Å². The first-order chi connectivity index (χ1) is 19.1. The Bertz CT molecular complexity index is 1650. The maximum absolute atomic E-state index is 12.0. The van der Waals surface area contributed by atoms with Crippen LogP contribution in [0.25, 0.3) is 22.6 Å². The third-order valence-electron chi connectivity index (χ3n) is 6.29. The van der Waals surface area contributed by atoms with Crippen molar-refractivity contribution in [1.82, 2.24) is 35.0 Å². The second kappa shape index (κ2) is 11.0. The van der Waals surface area contributed by atoms with Crippen LogP contribution in [0.2, 0.25) is 0 Å². The molecule has 1 amide bonds. The first-order valence-electron chi connectivity index (χ1n) is 12.3. The molecule has 16 heteroatoms. The van der Waals surface area contributed by atoms with Gasteiger partial charge in [0.05, 0.1) is 37.3 Å². The van der Waals surface area contributed by atoms with Gasteiger partial charge in [-0.15, -0.1) is 0 Å². The van der Waals surface area contributed by atoms with Crippen molar-refractivity contribution in [3.05, 3.63) is 48.0 Å². The molecule has 3 N–H and O–H groups in total. The second-order valence-electron chi connectivity index (χ2n) is 9.22. The molecule has 0 atom stereocenters. The van der Waals surface area contributed by atoms with E-state index in [1.54, 1.807) is 41.7 Å². The van der Waals surface area contributed by atoms with Gasteiger partial charge in [0.2, 0.25) is 16.0 Å². The Balaban J connectivity index is 1.57. The summed E-state index contributed by atoms with van der Waals surface area (Å²) in [6.45, 7) is 2.61. The second-order valence-corrected chi connectivity index (χ2v) is 11.0. The monoisotopic (exact) mass is 568 g/mol. The van der Waals surface area contributed by atoms with E-state index in [0.717, 1.165) is 6.26 Å². The van der Waals surface area contributed by atoms with Crippen LogP contribution in [0.5, 0.6) is 0 Å². The van der Waals surface area contributed by atoms with Crippen LogP contribution in [0.15, 0.2) is 36.7 Å². The zero-order valence-electron chi connectivity index (χ0n) is 22.1. The summed E-state index contributed by atoms with van der Waals surface area (Å²) in [5, 5.41) is 8.81. The summed E-state index contributed by atoms with van der Waals surface area (Å²) in [6.07, 6.45) is 3.72. The Morgan fingerprint density at radius 1 is 1.12 bits per heavy atom. The van der Waals surface area contributed by atoms with E-state index in [1.807, 2.05) is 11.6 Å². The fraction of sp³-hybridized carbons (Fsp3) is 0.333. The number of carbonyl (C=O) groups excluding carboxylic acids is 1. The smallest absolute Gasteiger partial charge is 0.277 e. The van der Waals surface area contributed by atoms with Crippen LogP contribution < -0.4 is 20.0 Å². The number of hydrogen-bond acceptors (Lipinski definition) is 12. The number of fused-ring (bicyclic) bond motifs is 1. The average Bonchev–Trinajstić information content (AvgIpc) is 3.26. The number of aryl methyl sites for hydroxylation is 1. The number of nitrogens with one attached hydrogen (secondary N) is 2. The molecule has 3 aromatic heterocycles. The van der Waals surface area contributed by atoms with Gasteiger partial charge >= 0.3 is 0 Å². The summed E-state index contributed by atoms with van der Waals surface area (Å²) in [5.74, 6) is 1.27. The highest BCUT2D eigenvalue weighted by Gasteiger charge is 2.24. The topological polar surface area (TPSA) is 181 Å². The van der Waals surface area contributed by atoms with E-state index in [1.165, 1.54) is 12.4 Å². The SMILES string of the molecule is CN(Cc1nc2c(N3CCOCC3)nc(-c3ccccc3NS(C)(=O)=O)nc2n1C)c1ncc(C(=O)NO)cn1. The number of sulfonamides is 1. The molecule has 0 unspecified atom stereocenters. The molecular weight excluding hydrogens is 540 g/mol. The van der Waals surface area contributed by atoms with Gasteiger partial charge in [-0.05, 0) is 12.1 Å². The zero-order valence-corrected chi connectivity index (χ0v) is 22.9. The lowest BCUT2D eigenvalue weighted by molar-refractivity contribution is 0.0705. The first kappa shape index (κ1) is 27.2. The fourth-order valence-electron chi connectivity index (χ4n) is 4.30. The standard InChI is InChI=1S/C24H28N10O5S/c1-32(24-25-12-15(13-26-24)23(35)30-36)14-18-27-19-21(33(18)2)28-20(29-22(19)34-8-10-39-11-9-34)16-6-4-5-7-17(16)31-40(3,37)38/h4-7,12-13,31,36H,8-11,14H2,1-3H3,(H,30,35). The molecule has 1 aromatic carbocycles. The van der Waals surface area contributed by atoms with Crippen LogP contribution in [0.3, 0.4) is 0 Å². The van der Waals surface area contributed by atoms with Gasteiger partial charge in [-0.2, -0.15) is 0 Å². The summed E-state index contributed by atoms with van der Waals surface area (Å²) in [4.78, 5) is 38.4. The molecule has 0 radical (unpaired) electrons. The summed E-state index contributed by atoms with van der Waals surface area (Å²) in [6, 6.07) is 6.96. The van der Waals surface area contributed by atoms with Crippen LogP contribution in [0.4, 0.5) is 17.5 Å². The first-order valence-corrected chi connectivity index (χ1v) is 14.1. The molecule has 210 valence electrons. The third-order valence-corrected chi connectivity index (χ3v) is 6.88. The van der Waals surface area contributed by atoms with Gasteiger partial charge in [0.25, 0.3) is 5.91 Å². The maximum atomic E-state index is 12.0. The number of aromatic nitrogens is 6. The molecule has 4 heterocycles. The summed E-state index contributed by atoms with van der Waals surface area (Å²) >= 11 is 0. The Hall–Kier alpha value is -4.41. The van der Waals surface area contributed by atoms with Gasteiger partial charge in [0.1, 0.15) is 5.82 Å². The molecule has 5 rings (SSSR count).